The molecule has 1 aliphatic rings. The molecule has 23 heavy (non-hydrogen) atoms. The lowest BCUT2D eigenvalue weighted by Gasteiger charge is -2.20. The van der Waals surface area contributed by atoms with Gasteiger partial charge in [-0.05, 0) is 48.7 Å². The summed E-state index contributed by atoms with van der Waals surface area (Å²) in [4.78, 5) is 0.277. The molecular formula is C17H19NO4S. The summed E-state index contributed by atoms with van der Waals surface area (Å²) in [6.45, 7) is 3.41. The van der Waals surface area contributed by atoms with Crippen LogP contribution in [0, 0.1) is 6.92 Å². The van der Waals surface area contributed by atoms with E-state index in [-0.39, 0.29) is 4.90 Å². The van der Waals surface area contributed by atoms with Gasteiger partial charge < -0.3 is 9.47 Å². The lowest BCUT2D eigenvalue weighted by atomic mass is 10.0. The van der Waals surface area contributed by atoms with Crippen molar-refractivity contribution in [3.05, 3.63) is 53.6 Å². The molecule has 0 saturated carbocycles. The maximum atomic E-state index is 12.2. The number of ether oxygens (including phenoxy) is 2. The zero-order chi connectivity index (χ0) is 16.3. The molecule has 0 amide bonds. The van der Waals surface area contributed by atoms with E-state index in [4.69, 9.17) is 9.47 Å². The number of aryl methyl sites for hydroxylation is 1. The first kappa shape index (κ1) is 15.8. The van der Waals surface area contributed by atoms with Crippen molar-refractivity contribution in [1.82, 2.24) is 4.72 Å². The molecule has 0 bridgehead atoms. The van der Waals surface area contributed by atoms with Crippen LogP contribution in [0.3, 0.4) is 0 Å². The Labute approximate surface area is 136 Å². The zero-order valence-electron chi connectivity index (χ0n) is 12.9. The highest BCUT2D eigenvalue weighted by molar-refractivity contribution is 7.89. The van der Waals surface area contributed by atoms with Crippen LogP contribution in [0.4, 0.5) is 0 Å². The Balaban J connectivity index is 1.67. The van der Waals surface area contributed by atoms with Gasteiger partial charge in [0.2, 0.25) is 10.0 Å². The number of fused-ring (bicyclic) bond motifs is 1. The van der Waals surface area contributed by atoms with Gasteiger partial charge >= 0.3 is 0 Å². The number of sulfonamides is 1. The highest BCUT2D eigenvalue weighted by Gasteiger charge is 2.16. The molecule has 1 aliphatic heterocycles. The highest BCUT2D eigenvalue weighted by Crippen LogP contribution is 2.33. The Kier molecular flexibility index (Phi) is 4.54. The average molecular weight is 333 g/mol. The quantitative estimate of drug-likeness (QED) is 0.912. The normalized spacial score (nSPS) is 13.8. The molecule has 0 radical (unpaired) electrons. The molecule has 2 aromatic carbocycles. The first-order valence-corrected chi connectivity index (χ1v) is 8.98. The molecule has 6 heteroatoms. The van der Waals surface area contributed by atoms with Gasteiger partial charge in [-0.3, -0.25) is 0 Å². The van der Waals surface area contributed by atoms with Gasteiger partial charge in [0.05, 0.1) is 4.90 Å². The van der Waals surface area contributed by atoms with Crippen LogP contribution in [0.1, 0.15) is 11.1 Å². The molecule has 0 atom stereocenters. The number of rotatable bonds is 5. The molecule has 1 N–H and O–H groups in total. The third-order valence-corrected chi connectivity index (χ3v) is 5.22. The van der Waals surface area contributed by atoms with Crippen LogP contribution in [0.25, 0.3) is 0 Å². The van der Waals surface area contributed by atoms with Crippen LogP contribution in [0.5, 0.6) is 11.5 Å². The second-order valence-electron chi connectivity index (χ2n) is 5.38. The van der Waals surface area contributed by atoms with Crippen LogP contribution in [0.15, 0.2) is 47.4 Å². The second kappa shape index (κ2) is 6.60. The summed E-state index contributed by atoms with van der Waals surface area (Å²) in [7, 11) is -3.47. The van der Waals surface area contributed by atoms with Crippen LogP contribution in [-0.2, 0) is 16.4 Å². The van der Waals surface area contributed by atoms with E-state index >= 15 is 0 Å². The van der Waals surface area contributed by atoms with Gasteiger partial charge in [0.1, 0.15) is 13.2 Å². The van der Waals surface area contributed by atoms with Crippen molar-refractivity contribution < 1.29 is 17.9 Å². The van der Waals surface area contributed by atoms with E-state index in [0.717, 1.165) is 22.6 Å². The molecule has 0 unspecified atom stereocenters. The van der Waals surface area contributed by atoms with E-state index < -0.39 is 10.0 Å². The fourth-order valence-electron chi connectivity index (χ4n) is 2.50. The topological polar surface area (TPSA) is 64.6 Å². The smallest absolute Gasteiger partial charge is 0.240 e. The molecule has 0 fully saturated rings. The monoisotopic (exact) mass is 333 g/mol. The highest BCUT2D eigenvalue weighted by atomic mass is 32.2. The minimum atomic E-state index is -3.47. The molecule has 0 spiro atoms. The standard InChI is InChI=1S/C17H19NO4S/c1-13-11-16-17(22-10-9-21-16)12-14(13)7-8-18-23(19,20)15-5-3-2-4-6-15/h2-6,11-12,18H,7-10H2,1H3. The van der Waals surface area contributed by atoms with Crippen molar-refractivity contribution >= 4 is 10.0 Å². The van der Waals surface area contributed by atoms with Crippen molar-refractivity contribution in [2.75, 3.05) is 19.8 Å². The van der Waals surface area contributed by atoms with Gasteiger partial charge in [0.25, 0.3) is 0 Å². The molecule has 0 aromatic heterocycles. The number of nitrogens with one attached hydrogen (secondary N) is 1. The van der Waals surface area contributed by atoms with Crippen molar-refractivity contribution in [2.24, 2.45) is 0 Å². The fourth-order valence-corrected chi connectivity index (χ4v) is 3.56. The summed E-state index contributed by atoms with van der Waals surface area (Å²) >= 11 is 0. The molecule has 3 rings (SSSR count). The first-order valence-electron chi connectivity index (χ1n) is 7.50. The predicted molar refractivity (Wildman–Crippen MR) is 87.5 cm³/mol. The van der Waals surface area contributed by atoms with Gasteiger partial charge in [-0.15, -0.1) is 0 Å². The Hall–Kier alpha value is -2.05. The zero-order valence-corrected chi connectivity index (χ0v) is 13.7. The number of hydrogen-bond donors (Lipinski definition) is 1. The van der Waals surface area contributed by atoms with E-state index in [1.54, 1.807) is 30.3 Å². The lowest BCUT2D eigenvalue weighted by molar-refractivity contribution is 0.171. The van der Waals surface area contributed by atoms with Crippen LogP contribution in [-0.4, -0.2) is 28.2 Å². The maximum Gasteiger partial charge on any atom is 0.240 e. The van der Waals surface area contributed by atoms with Gasteiger partial charge in [0.15, 0.2) is 11.5 Å². The van der Waals surface area contributed by atoms with E-state index in [9.17, 15) is 8.42 Å². The number of hydrogen-bond acceptors (Lipinski definition) is 4. The summed E-state index contributed by atoms with van der Waals surface area (Å²) in [5.74, 6) is 1.48. The Morgan fingerprint density at radius 3 is 2.39 bits per heavy atom. The van der Waals surface area contributed by atoms with Crippen molar-refractivity contribution in [3.8, 4) is 11.5 Å². The maximum absolute atomic E-state index is 12.2. The van der Waals surface area contributed by atoms with E-state index in [2.05, 4.69) is 4.72 Å². The minimum absolute atomic E-state index is 0.277. The van der Waals surface area contributed by atoms with Crippen LogP contribution >= 0.6 is 0 Å². The largest absolute Gasteiger partial charge is 0.486 e. The Bertz CT molecular complexity index is 788. The van der Waals surface area contributed by atoms with Gasteiger partial charge in [-0.2, -0.15) is 0 Å². The summed E-state index contributed by atoms with van der Waals surface area (Å²) in [6, 6.07) is 12.2. The minimum Gasteiger partial charge on any atom is -0.486 e. The molecule has 0 saturated heterocycles. The molecule has 2 aromatic rings. The predicted octanol–water partition coefficient (Wildman–Crippen LogP) is 2.29. The summed E-state index contributed by atoms with van der Waals surface area (Å²) in [5, 5.41) is 0. The van der Waals surface area contributed by atoms with E-state index in [1.165, 1.54) is 0 Å². The summed E-state index contributed by atoms with van der Waals surface area (Å²) < 4.78 is 38.1. The summed E-state index contributed by atoms with van der Waals surface area (Å²) in [6.07, 6.45) is 0.592. The molecule has 0 aliphatic carbocycles. The Morgan fingerprint density at radius 1 is 1.04 bits per heavy atom. The SMILES string of the molecule is Cc1cc2c(cc1CCNS(=O)(=O)c1ccccc1)OCCO2. The average Bonchev–Trinajstić information content (AvgIpc) is 2.56. The van der Waals surface area contributed by atoms with Crippen molar-refractivity contribution in [2.45, 2.75) is 18.2 Å². The third kappa shape index (κ3) is 3.65. The van der Waals surface area contributed by atoms with Gasteiger partial charge in [-0.1, -0.05) is 18.2 Å². The molecular weight excluding hydrogens is 314 g/mol. The summed E-state index contributed by atoms with van der Waals surface area (Å²) in [5.41, 5.74) is 2.11. The Morgan fingerprint density at radius 2 is 1.70 bits per heavy atom. The second-order valence-corrected chi connectivity index (χ2v) is 7.15. The molecule has 122 valence electrons. The molecule has 5 nitrogen and oxygen atoms in total. The van der Waals surface area contributed by atoms with Crippen LogP contribution in [0.2, 0.25) is 0 Å². The number of benzene rings is 2. The lowest BCUT2D eigenvalue weighted by Crippen LogP contribution is -2.26. The van der Waals surface area contributed by atoms with Crippen molar-refractivity contribution in [1.29, 1.82) is 0 Å². The van der Waals surface area contributed by atoms with Gasteiger partial charge in [0, 0.05) is 6.54 Å². The van der Waals surface area contributed by atoms with E-state index in [1.807, 2.05) is 19.1 Å². The van der Waals surface area contributed by atoms with Crippen LogP contribution < -0.4 is 14.2 Å². The van der Waals surface area contributed by atoms with Crippen molar-refractivity contribution in [3.63, 3.8) is 0 Å². The first-order chi connectivity index (χ1) is 11.1. The molecule has 1 heterocycles. The van der Waals surface area contributed by atoms with Gasteiger partial charge in [-0.25, -0.2) is 13.1 Å². The van der Waals surface area contributed by atoms with E-state index in [0.29, 0.717) is 26.2 Å². The fraction of sp³-hybridized carbons (Fsp3) is 0.294. The third-order valence-electron chi connectivity index (χ3n) is 3.74.